The number of nitrogens with one attached hydrogen (secondary N) is 3. The largest absolute Gasteiger partial charge is 0.365 e. The fourth-order valence-corrected chi connectivity index (χ4v) is 3.74. The minimum absolute atomic E-state index is 0.0276. The number of nitrogens with zero attached hydrogens (tertiary/aromatic N) is 4. The van der Waals surface area contributed by atoms with Crippen molar-refractivity contribution in [2.75, 3.05) is 32.0 Å². The van der Waals surface area contributed by atoms with Gasteiger partial charge in [-0.3, -0.25) is 9.69 Å². The summed E-state index contributed by atoms with van der Waals surface area (Å²) in [4.78, 5) is 29.5. The van der Waals surface area contributed by atoms with Crippen molar-refractivity contribution in [1.82, 2.24) is 30.2 Å². The number of aromatic nitrogens is 4. The summed E-state index contributed by atoms with van der Waals surface area (Å²) in [6, 6.07) is 10.1. The van der Waals surface area contributed by atoms with E-state index in [0.29, 0.717) is 29.8 Å². The van der Waals surface area contributed by atoms with Gasteiger partial charge in [-0.2, -0.15) is 0 Å². The second kappa shape index (κ2) is 8.74. The van der Waals surface area contributed by atoms with Gasteiger partial charge in [-0.25, -0.2) is 19.3 Å². The van der Waals surface area contributed by atoms with E-state index in [1.165, 1.54) is 11.9 Å². The second-order valence-electron chi connectivity index (χ2n) is 7.97. The first-order chi connectivity index (χ1) is 14.5. The molecule has 9 heteroatoms. The molecule has 8 nitrogen and oxygen atoms in total. The highest BCUT2D eigenvalue weighted by Gasteiger charge is 2.45. The lowest BCUT2D eigenvalue weighted by Crippen LogP contribution is -2.54. The Bertz CT molecular complexity index is 987. The highest BCUT2D eigenvalue weighted by molar-refractivity contribution is 5.82. The Kier molecular flexibility index (Phi) is 5.89. The van der Waals surface area contributed by atoms with Gasteiger partial charge in [0.05, 0.1) is 19.4 Å². The third-order valence-corrected chi connectivity index (χ3v) is 5.43. The number of H-pyrrole nitrogens is 1. The van der Waals surface area contributed by atoms with Crippen molar-refractivity contribution in [2.24, 2.45) is 0 Å². The van der Waals surface area contributed by atoms with E-state index in [4.69, 9.17) is 0 Å². The lowest BCUT2D eigenvalue weighted by molar-refractivity contribution is -0.123. The maximum atomic E-state index is 14.9. The van der Waals surface area contributed by atoms with Gasteiger partial charge in [0.15, 0.2) is 11.5 Å². The van der Waals surface area contributed by atoms with Crippen molar-refractivity contribution in [3.05, 3.63) is 48.5 Å². The van der Waals surface area contributed by atoms with Crippen molar-refractivity contribution >= 4 is 22.9 Å². The predicted octanol–water partition coefficient (Wildman–Crippen LogP) is 1.93. The number of benzene rings is 1. The number of carbonyl (C=O) groups excluding carboxylic acids is 1. The first kappa shape index (κ1) is 20.2. The molecule has 30 heavy (non-hydrogen) atoms. The summed E-state index contributed by atoms with van der Waals surface area (Å²) in [6.07, 6.45) is 4.49. The summed E-state index contributed by atoms with van der Waals surface area (Å²) in [6.45, 7) is 1.05. The number of anilines is 1. The number of hydrogen-bond acceptors (Lipinski definition) is 6. The van der Waals surface area contributed by atoms with Crippen LogP contribution in [0.2, 0.25) is 0 Å². The summed E-state index contributed by atoms with van der Waals surface area (Å²) in [5, 5.41) is 5.97. The van der Waals surface area contributed by atoms with E-state index in [9.17, 15) is 9.18 Å². The van der Waals surface area contributed by atoms with Gasteiger partial charge in [0.25, 0.3) is 0 Å². The molecule has 1 fully saturated rings. The van der Waals surface area contributed by atoms with Crippen LogP contribution in [0.25, 0.3) is 11.2 Å². The smallest absolute Gasteiger partial charge is 0.234 e. The number of aromatic amines is 1. The summed E-state index contributed by atoms with van der Waals surface area (Å²) in [5.41, 5.74) is 1.12. The van der Waals surface area contributed by atoms with E-state index in [0.717, 1.165) is 13.0 Å². The molecule has 2 heterocycles. The Labute approximate surface area is 174 Å². The third-order valence-electron chi connectivity index (χ3n) is 5.43. The Morgan fingerprint density at radius 2 is 2.07 bits per heavy atom. The van der Waals surface area contributed by atoms with E-state index >= 15 is 0 Å². The Hall–Kier alpha value is -3.07. The lowest BCUT2D eigenvalue weighted by Gasteiger charge is -2.42. The minimum atomic E-state index is -1.39. The molecule has 1 saturated carbocycles. The zero-order valence-corrected chi connectivity index (χ0v) is 16.9. The molecule has 0 aliphatic heterocycles. The zero-order chi connectivity index (χ0) is 21.0. The molecule has 1 amide bonds. The molecule has 158 valence electrons. The van der Waals surface area contributed by atoms with Crippen LogP contribution in [0.3, 0.4) is 0 Å². The van der Waals surface area contributed by atoms with E-state index in [1.807, 2.05) is 30.1 Å². The van der Waals surface area contributed by atoms with E-state index in [-0.39, 0.29) is 25.0 Å². The van der Waals surface area contributed by atoms with Crippen LogP contribution in [-0.4, -0.2) is 69.1 Å². The number of alkyl halides is 1. The van der Waals surface area contributed by atoms with Crippen molar-refractivity contribution in [2.45, 2.75) is 31.0 Å². The molecule has 1 aliphatic carbocycles. The van der Waals surface area contributed by atoms with Crippen LogP contribution in [0.5, 0.6) is 0 Å². The van der Waals surface area contributed by atoms with Crippen LogP contribution in [0.1, 0.15) is 18.4 Å². The third kappa shape index (κ3) is 4.91. The molecule has 0 spiro atoms. The standard InChI is InChI=1S/C21H26FN7O/c1-29(8-7-15-5-3-2-4-6-15)11-17(30)23-12-21(22)9-16(10-21)28-20-18-19(25-13-24-18)26-14-27-20/h2-6,13-14,16H,7-12H2,1H3,(H,23,30)(H2,24,25,26,27,28). The molecule has 0 saturated heterocycles. The number of carbonyl (C=O) groups is 1. The lowest BCUT2D eigenvalue weighted by atomic mass is 9.77. The van der Waals surface area contributed by atoms with Gasteiger partial charge in [0.2, 0.25) is 5.91 Å². The average molecular weight is 411 g/mol. The van der Waals surface area contributed by atoms with E-state index in [2.05, 4.69) is 42.7 Å². The fraction of sp³-hybridized carbons (Fsp3) is 0.429. The summed E-state index contributed by atoms with van der Waals surface area (Å²) < 4.78 is 14.9. The summed E-state index contributed by atoms with van der Waals surface area (Å²) in [5.74, 6) is 0.461. The molecule has 2 aromatic heterocycles. The van der Waals surface area contributed by atoms with Crippen molar-refractivity contribution in [3.8, 4) is 0 Å². The Balaban J connectivity index is 1.17. The van der Waals surface area contributed by atoms with Crippen molar-refractivity contribution < 1.29 is 9.18 Å². The van der Waals surface area contributed by atoms with Crippen LogP contribution in [0.15, 0.2) is 43.0 Å². The minimum Gasteiger partial charge on any atom is -0.365 e. The maximum Gasteiger partial charge on any atom is 0.234 e. The van der Waals surface area contributed by atoms with Gasteiger partial charge in [-0.1, -0.05) is 30.3 Å². The number of amides is 1. The molecule has 4 rings (SSSR count). The second-order valence-corrected chi connectivity index (χ2v) is 7.97. The Morgan fingerprint density at radius 3 is 2.87 bits per heavy atom. The maximum absolute atomic E-state index is 14.9. The molecular formula is C21H26FN7O. The monoisotopic (exact) mass is 411 g/mol. The normalized spacial score (nSPS) is 20.8. The number of hydrogen-bond donors (Lipinski definition) is 3. The van der Waals surface area contributed by atoms with Crippen molar-refractivity contribution in [1.29, 1.82) is 0 Å². The van der Waals surface area contributed by atoms with Crippen LogP contribution >= 0.6 is 0 Å². The molecule has 3 aromatic rings. The molecular weight excluding hydrogens is 385 g/mol. The zero-order valence-electron chi connectivity index (χ0n) is 16.9. The van der Waals surface area contributed by atoms with Gasteiger partial charge in [0.1, 0.15) is 17.5 Å². The summed E-state index contributed by atoms with van der Waals surface area (Å²) in [7, 11) is 1.90. The predicted molar refractivity (Wildman–Crippen MR) is 113 cm³/mol. The quantitative estimate of drug-likeness (QED) is 0.498. The molecule has 0 radical (unpaired) electrons. The fourth-order valence-electron chi connectivity index (χ4n) is 3.74. The molecule has 0 bridgehead atoms. The molecule has 1 aromatic carbocycles. The van der Waals surface area contributed by atoms with Crippen LogP contribution in [0, 0.1) is 0 Å². The van der Waals surface area contributed by atoms with Gasteiger partial charge in [-0.05, 0) is 19.0 Å². The van der Waals surface area contributed by atoms with Crippen LogP contribution in [0.4, 0.5) is 10.2 Å². The van der Waals surface area contributed by atoms with Gasteiger partial charge < -0.3 is 15.6 Å². The number of rotatable bonds is 9. The summed E-state index contributed by atoms with van der Waals surface area (Å²) >= 11 is 0. The number of likely N-dealkylation sites (N-methyl/N-ethyl adjacent to an activating group) is 1. The van der Waals surface area contributed by atoms with E-state index < -0.39 is 5.67 Å². The topological polar surface area (TPSA) is 98.8 Å². The molecule has 0 unspecified atom stereocenters. The molecule has 3 N–H and O–H groups in total. The van der Waals surface area contributed by atoms with Gasteiger partial charge >= 0.3 is 0 Å². The average Bonchev–Trinajstić information content (AvgIpc) is 3.20. The van der Waals surface area contributed by atoms with Crippen LogP contribution in [-0.2, 0) is 11.2 Å². The number of fused-ring (bicyclic) bond motifs is 1. The number of imidazole rings is 1. The van der Waals surface area contributed by atoms with Crippen molar-refractivity contribution in [3.63, 3.8) is 0 Å². The molecule has 1 aliphatic rings. The highest BCUT2D eigenvalue weighted by atomic mass is 19.1. The Morgan fingerprint density at radius 1 is 1.27 bits per heavy atom. The highest BCUT2D eigenvalue weighted by Crippen LogP contribution is 2.37. The van der Waals surface area contributed by atoms with Gasteiger partial charge in [0, 0.05) is 25.4 Å². The molecule has 0 atom stereocenters. The van der Waals surface area contributed by atoms with Gasteiger partial charge in [-0.15, -0.1) is 0 Å². The number of halogens is 1. The van der Waals surface area contributed by atoms with E-state index in [1.54, 1.807) is 6.33 Å². The first-order valence-electron chi connectivity index (χ1n) is 10.1. The SMILES string of the molecule is CN(CCc1ccccc1)CC(=O)NCC1(F)CC(Nc2ncnc3nc[nH]c23)C1. The van der Waals surface area contributed by atoms with Crippen LogP contribution < -0.4 is 10.6 Å². The first-order valence-corrected chi connectivity index (χ1v) is 10.1.